The van der Waals surface area contributed by atoms with Crippen LogP contribution >= 0.6 is 0 Å². The number of aliphatic hydroxyl groups is 1. The van der Waals surface area contributed by atoms with Crippen molar-refractivity contribution in [3.63, 3.8) is 0 Å². The van der Waals surface area contributed by atoms with Gasteiger partial charge in [-0.25, -0.2) is 8.42 Å². The first kappa shape index (κ1) is 12.9. The number of sulfone groups is 1. The molecule has 5 heteroatoms. The van der Waals surface area contributed by atoms with Gasteiger partial charge in [-0.2, -0.15) is 0 Å². The topological polar surface area (TPSA) is 66.4 Å². The van der Waals surface area contributed by atoms with Crippen LogP contribution in [0.3, 0.4) is 0 Å². The average Bonchev–Trinajstić information content (AvgIpc) is 2.47. The molecule has 0 amide bonds. The van der Waals surface area contributed by atoms with E-state index in [1.165, 1.54) is 6.26 Å². The molecule has 1 saturated carbocycles. The summed E-state index contributed by atoms with van der Waals surface area (Å²) in [5, 5.41) is 13.1. The van der Waals surface area contributed by atoms with Crippen molar-refractivity contribution in [2.45, 2.75) is 44.2 Å². The fourth-order valence-corrected chi connectivity index (χ4v) is 3.11. The van der Waals surface area contributed by atoms with Crippen LogP contribution in [0.1, 0.15) is 32.6 Å². The van der Waals surface area contributed by atoms with Gasteiger partial charge in [0.15, 0.2) is 0 Å². The van der Waals surface area contributed by atoms with Crippen molar-refractivity contribution >= 4 is 9.84 Å². The highest BCUT2D eigenvalue weighted by Gasteiger charge is 2.31. The Balaban J connectivity index is 2.30. The highest BCUT2D eigenvalue weighted by Crippen LogP contribution is 2.28. The molecular weight excluding hydrogens is 214 g/mol. The van der Waals surface area contributed by atoms with E-state index in [1.54, 1.807) is 0 Å². The van der Waals surface area contributed by atoms with Crippen LogP contribution in [0.2, 0.25) is 0 Å². The second-order valence-corrected chi connectivity index (χ2v) is 6.99. The monoisotopic (exact) mass is 235 g/mol. The van der Waals surface area contributed by atoms with Crippen molar-refractivity contribution in [1.82, 2.24) is 5.32 Å². The summed E-state index contributed by atoms with van der Waals surface area (Å²) in [5.41, 5.74) is -0.605. The molecule has 1 aliphatic rings. The molecule has 1 atom stereocenters. The minimum absolute atomic E-state index is 0.0929. The van der Waals surface area contributed by atoms with E-state index in [1.807, 2.05) is 6.92 Å². The molecule has 0 spiro atoms. The predicted octanol–water partition coefficient (Wildman–Crippen LogP) is 0.314. The predicted molar refractivity (Wildman–Crippen MR) is 60.6 cm³/mol. The van der Waals surface area contributed by atoms with E-state index in [9.17, 15) is 13.5 Å². The van der Waals surface area contributed by atoms with Crippen molar-refractivity contribution in [2.24, 2.45) is 0 Å². The Morgan fingerprint density at radius 3 is 2.40 bits per heavy atom. The van der Waals surface area contributed by atoms with Gasteiger partial charge in [-0.3, -0.25) is 0 Å². The van der Waals surface area contributed by atoms with E-state index < -0.39 is 15.4 Å². The molecular formula is C10H21NO3S. The zero-order valence-electron chi connectivity index (χ0n) is 9.49. The normalized spacial score (nSPS) is 22.9. The Kier molecular flexibility index (Phi) is 4.14. The van der Waals surface area contributed by atoms with Gasteiger partial charge >= 0.3 is 0 Å². The fraction of sp³-hybridized carbons (Fsp3) is 1.00. The smallest absolute Gasteiger partial charge is 0.148 e. The van der Waals surface area contributed by atoms with Crippen molar-refractivity contribution in [2.75, 3.05) is 18.6 Å². The lowest BCUT2D eigenvalue weighted by Gasteiger charge is -2.24. The standard InChI is InChI=1S/C10H21NO3S/c1-9(7-15(2,13)14)11-8-10(12)5-3-4-6-10/h9,11-12H,3-8H2,1-2H3. The number of rotatable bonds is 5. The third-order valence-electron chi connectivity index (χ3n) is 2.87. The molecule has 1 fully saturated rings. The van der Waals surface area contributed by atoms with Crippen LogP contribution < -0.4 is 5.32 Å². The second kappa shape index (κ2) is 4.80. The zero-order chi connectivity index (χ0) is 11.5. The number of hydrogen-bond donors (Lipinski definition) is 2. The van der Waals surface area contributed by atoms with E-state index in [0.29, 0.717) is 6.54 Å². The summed E-state index contributed by atoms with van der Waals surface area (Å²) >= 11 is 0. The van der Waals surface area contributed by atoms with Crippen molar-refractivity contribution in [3.05, 3.63) is 0 Å². The van der Waals surface area contributed by atoms with Crippen LogP contribution in [-0.4, -0.2) is 43.7 Å². The lowest BCUT2D eigenvalue weighted by molar-refractivity contribution is 0.0460. The molecule has 0 aromatic carbocycles. The van der Waals surface area contributed by atoms with Crippen molar-refractivity contribution in [3.8, 4) is 0 Å². The summed E-state index contributed by atoms with van der Waals surface area (Å²) < 4.78 is 22.0. The van der Waals surface area contributed by atoms with Gasteiger partial charge in [0.05, 0.1) is 11.4 Å². The minimum atomic E-state index is -2.93. The summed E-state index contributed by atoms with van der Waals surface area (Å²) in [7, 11) is -2.93. The lowest BCUT2D eigenvalue weighted by Crippen LogP contribution is -2.43. The van der Waals surface area contributed by atoms with Gasteiger partial charge in [0.25, 0.3) is 0 Å². The summed E-state index contributed by atoms with van der Waals surface area (Å²) in [4.78, 5) is 0. The maximum Gasteiger partial charge on any atom is 0.148 e. The SMILES string of the molecule is CC(CS(C)(=O)=O)NCC1(O)CCCC1. The van der Waals surface area contributed by atoms with Gasteiger partial charge in [-0.1, -0.05) is 12.8 Å². The maximum absolute atomic E-state index is 11.0. The lowest BCUT2D eigenvalue weighted by atomic mass is 10.0. The molecule has 1 aliphatic carbocycles. The van der Waals surface area contributed by atoms with Crippen LogP contribution in [0, 0.1) is 0 Å². The third-order valence-corrected chi connectivity index (χ3v) is 3.97. The molecule has 0 heterocycles. The molecule has 0 aromatic rings. The summed E-state index contributed by atoms with van der Waals surface area (Å²) in [5.74, 6) is 0.128. The summed E-state index contributed by atoms with van der Waals surface area (Å²) in [6, 6.07) is -0.0929. The number of hydrogen-bond acceptors (Lipinski definition) is 4. The van der Waals surface area contributed by atoms with Gasteiger partial charge in [-0.05, 0) is 19.8 Å². The van der Waals surface area contributed by atoms with E-state index >= 15 is 0 Å². The molecule has 0 bridgehead atoms. The van der Waals surface area contributed by atoms with Crippen LogP contribution in [0.15, 0.2) is 0 Å². The zero-order valence-corrected chi connectivity index (χ0v) is 10.3. The van der Waals surface area contributed by atoms with Crippen LogP contribution in [0.5, 0.6) is 0 Å². The van der Waals surface area contributed by atoms with E-state index in [2.05, 4.69) is 5.32 Å². The Hall–Kier alpha value is -0.130. The summed E-state index contributed by atoms with van der Waals surface area (Å²) in [6.45, 7) is 2.34. The maximum atomic E-state index is 11.0. The van der Waals surface area contributed by atoms with Gasteiger partial charge in [-0.15, -0.1) is 0 Å². The highest BCUT2D eigenvalue weighted by molar-refractivity contribution is 7.90. The molecule has 15 heavy (non-hydrogen) atoms. The molecule has 0 radical (unpaired) electrons. The third kappa shape index (κ3) is 4.95. The van der Waals surface area contributed by atoms with E-state index in [0.717, 1.165) is 25.7 Å². The Morgan fingerprint density at radius 1 is 1.40 bits per heavy atom. The first-order valence-corrected chi connectivity index (χ1v) is 7.50. The molecule has 0 saturated heterocycles. The van der Waals surface area contributed by atoms with Gasteiger partial charge in [0.1, 0.15) is 9.84 Å². The second-order valence-electron chi connectivity index (χ2n) is 4.81. The van der Waals surface area contributed by atoms with Crippen molar-refractivity contribution in [1.29, 1.82) is 0 Å². The van der Waals surface area contributed by atoms with Gasteiger partial charge in [0, 0.05) is 18.8 Å². The van der Waals surface area contributed by atoms with E-state index in [4.69, 9.17) is 0 Å². The first-order chi connectivity index (χ1) is 6.81. The molecule has 90 valence electrons. The van der Waals surface area contributed by atoms with E-state index in [-0.39, 0.29) is 11.8 Å². The first-order valence-electron chi connectivity index (χ1n) is 5.44. The molecule has 0 aromatic heterocycles. The minimum Gasteiger partial charge on any atom is -0.389 e. The summed E-state index contributed by atoms with van der Waals surface area (Å²) in [6.07, 6.45) is 5.02. The fourth-order valence-electron chi connectivity index (χ4n) is 2.09. The van der Waals surface area contributed by atoms with Crippen LogP contribution in [-0.2, 0) is 9.84 Å². The van der Waals surface area contributed by atoms with Crippen LogP contribution in [0.4, 0.5) is 0 Å². The molecule has 0 aliphatic heterocycles. The van der Waals surface area contributed by atoms with Gasteiger partial charge in [0.2, 0.25) is 0 Å². The molecule has 2 N–H and O–H groups in total. The number of nitrogens with one attached hydrogen (secondary N) is 1. The largest absolute Gasteiger partial charge is 0.389 e. The molecule has 1 unspecified atom stereocenters. The highest BCUT2D eigenvalue weighted by atomic mass is 32.2. The average molecular weight is 235 g/mol. The quantitative estimate of drug-likeness (QED) is 0.720. The molecule has 1 rings (SSSR count). The van der Waals surface area contributed by atoms with Crippen molar-refractivity contribution < 1.29 is 13.5 Å². The Bertz CT molecular complexity index is 294. The van der Waals surface area contributed by atoms with Gasteiger partial charge < -0.3 is 10.4 Å². The van der Waals surface area contributed by atoms with Crippen LogP contribution in [0.25, 0.3) is 0 Å². The Morgan fingerprint density at radius 2 is 1.93 bits per heavy atom. The molecule has 4 nitrogen and oxygen atoms in total. The Labute approximate surface area is 92.0 Å².